The summed E-state index contributed by atoms with van der Waals surface area (Å²) >= 11 is 0. The zero-order valence-corrected chi connectivity index (χ0v) is 13.1. The van der Waals surface area contributed by atoms with Crippen LogP contribution in [-0.2, 0) is 7.05 Å². The van der Waals surface area contributed by atoms with Crippen LogP contribution in [0.1, 0.15) is 5.56 Å². The van der Waals surface area contributed by atoms with Crippen LogP contribution >= 0.6 is 0 Å². The molecule has 3 nitrogen and oxygen atoms in total. The van der Waals surface area contributed by atoms with Gasteiger partial charge in [0.25, 0.3) is 5.56 Å². The van der Waals surface area contributed by atoms with Crippen LogP contribution in [0.15, 0.2) is 65.6 Å². The van der Waals surface area contributed by atoms with Crippen molar-refractivity contribution in [3.8, 4) is 11.1 Å². The van der Waals surface area contributed by atoms with Crippen LogP contribution in [0.3, 0.4) is 0 Å². The molecule has 4 rings (SSSR count). The van der Waals surface area contributed by atoms with E-state index in [0.717, 1.165) is 32.9 Å². The average Bonchev–Trinajstić information content (AvgIpc) is 2.59. The van der Waals surface area contributed by atoms with Crippen molar-refractivity contribution in [3.63, 3.8) is 0 Å². The number of para-hydroxylation sites is 1. The lowest BCUT2D eigenvalue weighted by Crippen LogP contribution is -2.19. The summed E-state index contributed by atoms with van der Waals surface area (Å²) in [6, 6.07) is 17.9. The summed E-state index contributed by atoms with van der Waals surface area (Å²) in [6.07, 6.45) is 1.79. The Kier molecular flexibility index (Phi) is 3.01. The summed E-state index contributed by atoms with van der Waals surface area (Å²) in [5.41, 5.74) is 4.66. The van der Waals surface area contributed by atoms with Crippen LogP contribution in [0.4, 0.5) is 0 Å². The zero-order chi connectivity index (χ0) is 16.0. The minimum absolute atomic E-state index is 0.0118. The van der Waals surface area contributed by atoms with Crippen molar-refractivity contribution in [1.29, 1.82) is 0 Å². The molecular formula is C20H16N2O. The number of hydrogen-bond acceptors (Lipinski definition) is 2. The van der Waals surface area contributed by atoms with Gasteiger partial charge in [0.1, 0.15) is 0 Å². The Bertz CT molecular complexity index is 1110. The molecule has 0 saturated carbocycles. The fraction of sp³-hybridized carbons (Fsp3) is 0.100. The van der Waals surface area contributed by atoms with E-state index in [0.29, 0.717) is 5.56 Å². The van der Waals surface area contributed by atoms with Crippen LogP contribution in [0, 0.1) is 6.92 Å². The van der Waals surface area contributed by atoms with Gasteiger partial charge in [0.2, 0.25) is 0 Å². The second kappa shape index (κ2) is 5.06. The van der Waals surface area contributed by atoms with Gasteiger partial charge in [-0.2, -0.15) is 0 Å². The standard InChI is InChI=1S/C20H16N2O/c1-13-9-10-15(16-7-5-11-21-19(13)16)17-12-14-6-3-4-8-18(14)22(2)20(17)23/h3-12H,1-2H3. The van der Waals surface area contributed by atoms with Crippen LogP contribution in [-0.4, -0.2) is 9.55 Å². The highest BCUT2D eigenvalue weighted by Gasteiger charge is 2.12. The van der Waals surface area contributed by atoms with Crippen LogP contribution in [0.5, 0.6) is 0 Å². The van der Waals surface area contributed by atoms with Gasteiger partial charge in [-0.05, 0) is 41.6 Å². The highest BCUT2D eigenvalue weighted by Crippen LogP contribution is 2.29. The number of benzene rings is 2. The Morgan fingerprint density at radius 2 is 1.78 bits per heavy atom. The summed E-state index contributed by atoms with van der Waals surface area (Å²) in [5, 5.41) is 2.07. The predicted octanol–water partition coefficient (Wildman–Crippen LogP) is 4.06. The second-order valence-electron chi connectivity index (χ2n) is 5.81. The van der Waals surface area contributed by atoms with Crippen molar-refractivity contribution in [2.75, 3.05) is 0 Å². The first-order valence-corrected chi connectivity index (χ1v) is 7.60. The minimum Gasteiger partial charge on any atom is -0.311 e. The Morgan fingerprint density at radius 3 is 2.65 bits per heavy atom. The smallest absolute Gasteiger partial charge is 0.258 e. The van der Waals surface area contributed by atoms with Crippen LogP contribution in [0.2, 0.25) is 0 Å². The van der Waals surface area contributed by atoms with Crippen molar-refractivity contribution < 1.29 is 0 Å². The molecule has 2 heterocycles. The molecule has 23 heavy (non-hydrogen) atoms. The lowest BCUT2D eigenvalue weighted by Gasteiger charge is -2.11. The quantitative estimate of drug-likeness (QED) is 0.531. The van der Waals surface area contributed by atoms with E-state index in [1.165, 1.54) is 0 Å². The van der Waals surface area contributed by atoms with Crippen molar-refractivity contribution in [3.05, 3.63) is 76.7 Å². The number of nitrogens with zero attached hydrogens (tertiary/aromatic N) is 2. The normalized spacial score (nSPS) is 11.2. The van der Waals surface area contributed by atoms with Gasteiger partial charge in [0.15, 0.2) is 0 Å². The molecule has 0 atom stereocenters. The molecule has 0 aliphatic carbocycles. The second-order valence-corrected chi connectivity index (χ2v) is 5.81. The maximum absolute atomic E-state index is 12.9. The third kappa shape index (κ3) is 2.05. The molecule has 4 aromatic rings. The minimum atomic E-state index is 0.0118. The molecule has 3 heteroatoms. The molecule has 0 unspecified atom stereocenters. The lowest BCUT2D eigenvalue weighted by molar-refractivity contribution is 0.909. The number of pyridine rings is 2. The van der Waals surface area contributed by atoms with Gasteiger partial charge in [-0.1, -0.05) is 36.4 Å². The molecule has 2 aromatic carbocycles. The summed E-state index contributed by atoms with van der Waals surface area (Å²) in [4.78, 5) is 17.3. The van der Waals surface area contributed by atoms with E-state index in [1.54, 1.807) is 10.8 Å². The highest BCUT2D eigenvalue weighted by atomic mass is 16.1. The summed E-state index contributed by atoms with van der Waals surface area (Å²) in [5.74, 6) is 0. The summed E-state index contributed by atoms with van der Waals surface area (Å²) in [6.45, 7) is 2.04. The van der Waals surface area contributed by atoms with E-state index in [9.17, 15) is 4.79 Å². The van der Waals surface area contributed by atoms with Gasteiger partial charge >= 0.3 is 0 Å². The Balaban J connectivity index is 2.14. The molecule has 0 radical (unpaired) electrons. The Labute approximate surface area is 133 Å². The van der Waals surface area contributed by atoms with Gasteiger partial charge in [-0.25, -0.2) is 0 Å². The predicted molar refractivity (Wildman–Crippen MR) is 94.7 cm³/mol. The van der Waals surface area contributed by atoms with Crippen molar-refractivity contribution >= 4 is 21.8 Å². The van der Waals surface area contributed by atoms with E-state index in [1.807, 2.05) is 68.6 Å². The SMILES string of the molecule is Cc1ccc(-c2cc3ccccc3n(C)c2=O)c2cccnc12. The fourth-order valence-corrected chi connectivity index (χ4v) is 3.16. The van der Waals surface area contributed by atoms with E-state index in [2.05, 4.69) is 4.98 Å². The molecular weight excluding hydrogens is 284 g/mol. The van der Waals surface area contributed by atoms with E-state index < -0.39 is 0 Å². The van der Waals surface area contributed by atoms with Crippen molar-refractivity contribution in [2.24, 2.45) is 7.05 Å². The molecule has 0 bridgehead atoms. The molecule has 0 N–H and O–H groups in total. The third-order valence-corrected chi connectivity index (χ3v) is 4.39. The van der Waals surface area contributed by atoms with E-state index >= 15 is 0 Å². The lowest BCUT2D eigenvalue weighted by atomic mass is 9.98. The topological polar surface area (TPSA) is 34.9 Å². The fourth-order valence-electron chi connectivity index (χ4n) is 3.16. The van der Waals surface area contributed by atoms with Gasteiger partial charge in [0.05, 0.1) is 11.0 Å². The molecule has 0 aliphatic heterocycles. The maximum Gasteiger partial charge on any atom is 0.258 e. The van der Waals surface area contributed by atoms with Gasteiger partial charge < -0.3 is 4.57 Å². The third-order valence-electron chi connectivity index (χ3n) is 4.39. The molecule has 0 spiro atoms. The van der Waals surface area contributed by atoms with Gasteiger partial charge in [-0.3, -0.25) is 9.78 Å². The number of fused-ring (bicyclic) bond motifs is 2. The van der Waals surface area contributed by atoms with Gasteiger partial charge in [0, 0.05) is 24.2 Å². The van der Waals surface area contributed by atoms with E-state index in [-0.39, 0.29) is 5.56 Å². The first kappa shape index (κ1) is 13.7. The zero-order valence-electron chi connectivity index (χ0n) is 13.1. The largest absolute Gasteiger partial charge is 0.311 e. The van der Waals surface area contributed by atoms with Crippen molar-refractivity contribution in [2.45, 2.75) is 6.92 Å². The van der Waals surface area contributed by atoms with Crippen LogP contribution in [0.25, 0.3) is 32.9 Å². The summed E-state index contributed by atoms with van der Waals surface area (Å²) < 4.78 is 1.72. The average molecular weight is 300 g/mol. The number of aromatic nitrogens is 2. The Hall–Kier alpha value is -2.94. The summed E-state index contributed by atoms with van der Waals surface area (Å²) in [7, 11) is 1.82. The molecule has 0 aliphatic rings. The number of rotatable bonds is 1. The Morgan fingerprint density at radius 1 is 0.957 bits per heavy atom. The van der Waals surface area contributed by atoms with E-state index in [4.69, 9.17) is 0 Å². The first-order valence-electron chi connectivity index (χ1n) is 7.60. The van der Waals surface area contributed by atoms with Gasteiger partial charge in [-0.15, -0.1) is 0 Å². The highest BCUT2D eigenvalue weighted by molar-refractivity contribution is 5.97. The first-order chi connectivity index (χ1) is 11.2. The number of aryl methyl sites for hydroxylation is 2. The molecule has 0 amide bonds. The van der Waals surface area contributed by atoms with Crippen molar-refractivity contribution in [1.82, 2.24) is 9.55 Å². The monoisotopic (exact) mass is 300 g/mol. The molecule has 2 aromatic heterocycles. The maximum atomic E-state index is 12.9. The van der Waals surface area contributed by atoms with Crippen LogP contribution < -0.4 is 5.56 Å². The molecule has 0 saturated heterocycles. The molecule has 112 valence electrons. The number of hydrogen-bond donors (Lipinski definition) is 0. The molecule has 0 fully saturated rings.